The van der Waals surface area contributed by atoms with Crippen LogP contribution in [0.25, 0.3) is 0 Å². The molecule has 1 aliphatic carbocycles. The van der Waals surface area contributed by atoms with Crippen molar-refractivity contribution >= 4 is 17.6 Å². The molecular weight excluding hydrogens is 314 g/mol. The van der Waals surface area contributed by atoms with Gasteiger partial charge in [0, 0.05) is 25.4 Å². The van der Waals surface area contributed by atoms with Crippen LogP contribution in [0.4, 0.5) is 5.69 Å². The molecule has 2 unspecified atom stereocenters. The molecule has 2 rings (SSSR count). The predicted octanol–water partition coefficient (Wildman–Crippen LogP) is 1.79. The first kappa shape index (κ1) is 18.1. The molecule has 2 atom stereocenters. The van der Waals surface area contributed by atoms with Crippen LogP contribution in [-0.4, -0.2) is 51.5 Å². The van der Waals surface area contributed by atoms with Crippen molar-refractivity contribution in [2.24, 2.45) is 11.8 Å². The molecule has 0 heterocycles. The summed E-state index contributed by atoms with van der Waals surface area (Å²) < 4.78 is 15.6. The van der Waals surface area contributed by atoms with Gasteiger partial charge in [0.1, 0.15) is 0 Å². The number of anilines is 1. The van der Waals surface area contributed by atoms with Crippen molar-refractivity contribution in [1.82, 2.24) is 0 Å². The third-order valence-corrected chi connectivity index (χ3v) is 4.37. The molecule has 0 aromatic heterocycles. The fraction of sp³-hybridized carbons (Fsp3) is 0.529. The second kappa shape index (κ2) is 8.01. The average Bonchev–Trinajstić information content (AvgIpc) is 2.53. The van der Waals surface area contributed by atoms with Crippen molar-refractivity contribution in [2.45, 2.75) is 12.8 Å². The minimum absolute atomic E-state index is 0.196. The van der Waals surface area contributed by atoms with E-state index in [0.717, 1.165) is 0 Å². The van der Waals surface area contributed by atoms with Gasteiger partial charge in [-0.05, 0) is 25.0 Å². The van der Waals surface area contributed by atoms with Gasteiger partial charge in [0.05, 0.1) is 32.7 Å². The first-order chi connectivity index (χ1) is 11.5. The van der Waals surface area contributed by atoms with Crippen LogP contribution >= 0.6 is 0 Å². The maximum Gasteiger partial charge on any atom is 0.307 e. The Hall–Kier alpha value is -2.28. The van der Waals surface area contributed by atoms with Gasteiger partial charge in [0.25, 0.3) is 0 Å². The van der Waals surface area contributed by atoms with E-state index in [4.69, 9.17) is 14.2 Å². The van der Waals surface area contributed by atoms with Crippen molar-refractivity contribution in [3.05, 3.63) is 18.2 Å². The Morgan fingerprint density at radius 3 is 2.29 bits per heavy atom. The van der Waals surface area contributed by atoms with E-state index < -0.39 is 17.8 Å². The summed E-state index contributed by atoms with van der Waals surface area (Å²) in [4.78, 5) is 25.6. The van der Waals surface area contributed by atoms with E-state index in [1.165, 1.54) is 14.2 Å². The lowest BCUT2D eigenvalue weighted by atomic mass is 9.73. The van der Waals surface area contributed by atoms with Crippen molar-refractivity contribution in [2.75, 3.05) is 39.4 Å². The zero-order valence-corrected chi connectivity index (χ0v) is 14.2. The highest BCUT2D eigenvalue weighted by atomic mass is 16.5. The van der Waals surface area contributed by atoms with Crippen LogP contribution in [0.1, 0.15) is 12.8 Å². The van der Waals surface area contributed by atoms with Gasteiger partial charge in [-0.3, -0.25) is 9.59 Å². The maximum atomic E-state index is 12.8. The number of hydrogen-bond acceptors (Lipinski definition) is 5. The molecule has 0 radical (unpaired) electrons. The summed E-state index contributed by atoms with van der Waals surface area (Å²) in [6.07, 6.45) is 1.13. The van der Waals surface area contributed by atoms with Crippen LogP contribution in [0.5, 0.6) is 11.5 Å². The van der Waals surface area contributed by atoms with Crippen LogP contribution in [0.2, 0.25) is 0 Å². The highest BCUT2D eigenvalue weighted by Gasteiger charge is 2.43. The van der Waals surface area contributed by atoms with E-state index in [1.54, 1.807) is 30.2 Å². The SMILES string of the molecule is COCCN(C(=O)C1CCC1C(=O)O)c1ccc(OC)c(OC)c1. The summed E-state index contributed by atoms with van der Waals surface area (Å²) >= 11 is 0. The zero-order valence-electron chi connectivity index (χ0n) is 14.2. The summed E-state index contributed by atoms with van der Waals surface area (Å²) in [5.41, 5.74) is 0.630. The van der Waals surface area contributed by atoms with E-state index in [1.807, 2.05) is 0 Å². The molecular formula is C17H23NO6. The van der Waals surface area contributed by atoms with E-state index in [9.17, 15) is 14.7 Å². The molecule has 0 aliphatic heterocycles. The van der Waals surface area contributed by atoms with Crippen LogP contribution in [0, 0.1) is 11.8 Å². The van der Waals surface area contributed by atoms with Gasteiger partial charge in [-0.1, -0.05) is 0 Å². The molecule has 0 bridgehead atoms. The van der Waals surface area contributed by atoms with Crippen LogP contribution in [0.15, 0.2) is 18.2 Å². The number of nitrogens with zero attached hydrogens (tertiary/aromatic N) is 1. The monoisotopic (exact) mass is 337 g/mol. The number of methoxy groups -OCH3 is 3. The average molecular weight is 337 g/mol. The lowest BCUT2D eigenvalue weighted by Gasteiger charge is -2.36. The molecule has 0 spiro atoms. The van der Waals surface area contributed by atoms with Gasteiger partial charge >= 0.3 is 5.97 Å². The summed E-state index contributed by atoms with van der Waals surface area (Å²) in [7, 11) is 4.62. The number of benzene rings is 1. The topological polar surface area (TPSA) is 85.3 Å². The summed E-state index contributed by atoms with van der Waals surface area (Å²) in [5, 5.41) is 9.20. The first-order valence-corrected chi connectivity index (χ1v) is 7.78. The van der Waals surface area contributed by atoms with Crippen molar-refractivity contribution < 1.29 is 28.9 Å². The minimum Gasteiger partial charge on any atom is -0.493 e. The minimum atomic E-state index is -0.918. The standard InChI is InChI=1S/C17H23NO6/c1-22-9-8-18(16(19)12-5-6-13(12)17(20)21)11-4-7-14(23-2)15(10-11)24-3/h4,7,10,12-13H,5-6,8-9H2,1-3H3,(H,20,21). The number of aliphatic carboxylic acids is 1. The molecule has 0 saturated heterocycles. The van der Waals surface area contributed by atoms with E-state index >= 15 is 0 Å². The number of carboxylic acid groups (broad SMARTS) is 1. The zero-order chi connectivity index (χ0) is 17.7. The fourth-order valence-electron chi connectivity index (χ4n) is 2.83. The second-order valence-corrected chi connectivity index (χ2v) is 5.65. The molecule has 1 aromatic rings. The lowest BCUT2D eigenvalue weighted by Crippen LogP contribution is -2.47. The van der Waals surface area contributed by atoms with Crippen LogP contribution in [0.3, 0.4) is 0 Å². The van der Waals surface area contributed by atoms with Crippen molar-refractivity contribution in [1.29, 1.82) is 0 Å². The number of carbonyl (C=O) groups is 2. The number of hydrogen-bond donors (Lipinski definition) is 1. The number of carbonyl (C=O) groups excluding carboxylic acids is 1. The molecule has 1 saturated carbocycles. The highest BCUT2D eigenvalue weighted by Crippen LogP contribution is 2.38. The van der Waals surface area contributed by atoms with E-state index in [2.05, 4.69) is 0 Å². The molecule has 7 nitrogen and oxygen atoms in total. The Morgan fingerprint density at radius 1 is 1.12 bits per heavy atom. The smallest absolute Gasteiger partial charge is 0.307 e. The molecule has 1 aliphatic rings. The Bertz CT molecular complexity index is 603. The summed E-state index contributed by atoms with van der Waals surface area (Å²) in [6, 6.07) is 5.18. The van der Waals surface area contributed by atoms with Gasteiger partial charge in [-0.2, -0.15) is 0 Å². The van der Waals surface area contributed by atoms with E-state index in [0.29, 0.717) is 43.2 Å². The quantitative estimate of drug-likeness (QED) is 0.778. The van der Waals surface area contributed by atoms with Gasteiger partial charge < -0.3 is 24.2 Å². The molecule has 1 aromatic carbocycles. The van der Waals surface area contributed by atoms with Gasteiger partial charge in [0.15, 0.2) is 11.5 Å². The Balaban J connectivity index is 2.28. The third-order valence-electron chi connectivity index (χ3n) is 4.37. The number of carboxylic acids is 1. The van der Waals surface area contributed by atoms with Gasteiger partial charge in [-0.15, -0.1) is 0 Å². The Kier molecular flexibility index (Phi) is 6.03. The predicted molar refractivity (Wildman–Crippen MR) is 87.6 cm³/mol. The van der Waals surface area contributed by atoms with E-state index in [-0.39, 0.29) is 5.91 Å². The number of ether oxygens (including phenoxy) is 3. The van der Waals surface area contributed by atoms with Crippen LogP contribution in [-0.2, 0) is 14.3 Å². The first-order valence-electron chi connectivity index (χ1n) is 7.78. The largest absolute Gasteiger partial charge is 0.493 e. The normalized spacial score (nSPS) is 19.3. The number of rotatable bonds is 8. The number of amides is 1. The summed E-state index contributed by atoms with van der Waals surface area (Å²) in [6.45, 7) is 0.693. The maximum absolute atomic E-state index is 12.8. The molecule has 1 N–H and O–H groups in total. The molecule has 132 valence electrons. The van der Waals surface area contributed by atoms with Crippen LogP contribution < -0.4 is 14.4 Å². The summed E-state index contributed by atoms with van der Waals surface area (Å²) in [5.74, 6) is -1.15. The Morgan fingerprint density at radius 2 is 1.79 bits per heavy atom. The second-order valence-electron chi connectivity index (χ2n) is 5.65. The van der Waals surface area contributed by atoms with Gasteiger partial charge in [0.2, 0.25) is 5.91 Å². The molecule has 7 heteroatoms. The molecule has 1 fully saturated rings. The molecule has 1 amide bonds. The van der Waals surface area contributed by atoms with Crippen molar-refractivity contribution in [3.8, 4) is 11.5 Å². The molecule has 24 heavy (non-hydrogen) atoms. The fourth-order valence-corrected chi connectivity index (χ4v) is 2.83. The van der Waals surface area contributed by atoms with Gasteiger partial charge in [-0.25, -0.2) is 0 Å². The lowest BCUT2D eigenvalue weighted by molar-refractivity contribution is -0.152. The third kappa shape index (κ3) is 3.62. The van der Waals surface area contributed by atoms with Crippen molar-refractivity contribution in [3.63, 3.8) is 0 Å². The highest BCUT2D eigenvalue weighted by molar-refractivity contribution is 5.98. The Labute approximate surface area is 141 Å².